The zero-order valence-corrected chi connectivity index (χ0v) is 11.4. The molecule has 0 aliphatic carbocycles. The summed E-state index contributed by atoms with van der Waals surface area (Å²) < 4.78 is 0. The van der Waals surface area contributed by atoms with Gasteiger partial charge in [0.1, 0.15) is 0 Å². The van der Waals surface area contributed by atoms with Crippen LogP contribution in [-0.4, -0.2) is 30.1 Å². The molecule has 19 heavy (non-hydrogen) atoms. The first-order chi connectivity index (χ1) is 9.16. The molecule has 1 aliphatic heterocycles. The van der Waals surface area contributed by atoms with E-state index in [0.29, 0.717) is 0 Å². The molecule has 1 aromatic heterocycles. The molecule has 1 fully saturated rings. The van der Waals surface area contributed by atoms with Gasteiger partial charge in [-0.3, -0.25) is 9.59 Å². The molecule has 2 heterocycles. The van der Waals surface area contributed by atoms with Gasteiger partial charge in [0, 0.05) is 10.8 Å². The van der Waals surface area contributed by atoms with Crippen LogP contribution < -0.4 is 10.6 Å². The number of aliphatic carboxylic acids is 1. The average Bonchev–Trinajstić information content (AvgIpc) is 2.92. The van der Waals surface area contributed by atoms with Gasteiger partial charge < -0.3 is 15.7 Å². The number of thiophene rings is 1. The Bertz CT molecular complexity index is 427. The summed E-state index contributed by atoms with van der Waals surface area (Å²) in [6.45, 7) is 1.70. The van der Waals surface area contributed by atoms with Crippen LogP contribution in [0.2, 0.25) is 0 Å². The van der Waals surface area contributed by atoms with Crippen molar-refractivity contribution in [2.24, 2.45) is 5.92 Å². The Morgan fingerprint density at radius 3 is 2.79 bits per heavy atom. The maximum absolute atomic E-state index is 12.2. The Kier molecular flexibility index (Phi) is 4.93. The lowest BCUT2D eigenvalue weighted by molar-refractivity contribution is -0.138. The first-order valence-corrected chi connectivity index (χ1v) is 7.31. The first kappa shape index (κ1) is 14.0. The zero-order valence-electron chi connectivity index (χ0n) is 10.6. The molecule has 0 aromatic carbocycles. The van der Waals surface area contributed by atoms with E-state index in [2.05, 4.69) is 10.6 Å². The van der Waals surface area contributed by atoms with Crippen LogP contribution in [0.1, 0.15) is 30.2 Å². The van der Waals surface area contributed by atoms with Gasteiger partial charge in [0.15, 0.2) is 0 Å². The normalized spacial score (nSPS) is 17.9. The third-order valence-corrected chi connectivity index (χ3v) is 4.28. The van der Waals surface area contributed by atoms with Crippen LogP contribution >= 0.6 is 11.3 Å². The monoisotopic (exact) mass is 282 g/mol. The third kappa shape index (κ3) is 4.04. The highest BCUT2D eigenvalue weighted by Crippen LogP contribution is 2.23. The quantitative estimate of drug-likeness (QED) is 0.762. The van der Waals surface area contributed by atoms with Crippen molar-refractivity contribution in [2.45, 2.75) is 25.3 Å². The molecular weight excluding hydrogens is 264 g/mol. The van der Waals surface area contributed by atoms with Crippen LogP contribution in [-0.2, 0) is 9.59 Å². The highest BCUT2D eigenvalue weighted by molar-refractivity contribution is 7.10. The topological polar surface area (TPSA) is 78.4 Å². The summed E-state index contributed by atoms with van der Waals surface area (Å²) in [7, 11) is 0. The van der Waals surface area contributed by atoms with E-state index in [1.54, 1.807) is 0 Å². The number of hydrogen-bond donors (Lipinski definition) is 3. The second-order valence-corrected chi connectivity index (χ2v) is 5.68. The molecule has 1 atom stereocenters. The maximum atomic E-state index is 12.2. The fourth-order valence-corrected chi connectivity index (χ4v) is 3.04. The van der Waals surface area contributed by atoms with Crippen molar-refractivity contribution in [3.63, 3.8) is 0 Å². The Balaban J connectivity index is 1.99. The van der Waals surface area contributed by atoms with Gasteiger partial charge >= 0.3 is 5.97 Å². The minimum absolute atomic E-state index is 0.00231. The van der Waals surface area contributed by atoms with E-state index >= 15 is 0 Å². The lowest BCUT2D eigenvalue weighted by Crippen LogP contribution is -2.40. The van der Waals surface area contributed by atoms with Crippen LogP contribution in [0.3, 0.4) is 0 Å². The van der Waals surface area contributed by atoms with Gasteiger partial charge in [0.25, 0.3) is 0 Å². The van der Waals surface area contributed by atoms with E-state index in [1.165, 1.54) is 11.3 Å². The summed E-state index contributed by atoms with van der Waals surface area (Å²) in [5, 5.41) is 16.9. The SMILES string of the molecule is O=C(O)CC(NC(=O)C1CCNCC1)c1cccs1. The second kappa shape index (κ2) is 6.68. The lowest BCUT2D eigenvalue weighted by atomic mass is 9.96. The number of rotatable bonds is 5. The number of carbonyl (C=O) groups is 2. The molecule has 0 spiro atoms. The smallest absolute Gasteiger partial charge is 0.305 e. The third-order valence-electron chi connectivity index (χ3n) is 3.29. The predicted octanol–water partition coefficient (Wildman–Crippen LogP) is 1.38. The van der Waals surface area contributed by atoms with E-state index < -0.39 is 12.0 Å². The molecule has 104 valence electrons. The molecular formula is C13H18N2O3S. The van der Waals surface area contributed by atoms with Crippen molar-refractivity contribution in [1.82, 2.24) is 10.6 Å². The fraction of sp³-hybridized carbons (Fsp3) is 0.538. The van der Waals surface area contributed by atoms with Gasteiger partial charge in [-0.25, -0.2) is 0 Å². The highest BCUT2D eigenvalue weighted by atomic mass is 32.1. The van der Waals surface area contributed by atoms with Gasteiger partial charge in [0.2, 0.25) is 5.91 Å². The number of nitrogens with one attached hydrogen (secondary N) is 2. The summed E-state index contributed by atoms with van der Waals surface area (Å²) in [4.78, 5) is 24.0. The Morgan fingerprint density at radius 1 is 1.47 bits per heavy atom. The van der Waals surface area contributed by atoms with Gasteiger partial charge in [-0.15, -0.1) is 11.3 Å². The van der Waals surface area contributed by atoms with E-state index in [9.17, 15) is 9.59 Å². The van der Waals surface area contributed by atoms with E-state index in [1.807, 2.05) is 17.5 Å². The van der Waals surface area contributed by atoms with Crippen molar-refractivity contribution in [1.29, 1.82) is 0 Å². The second-order valence-electron chi connectivity index (χ2n) is 4.70. The van der Waals surface area contributed by atoms with Crippen LogP contribution in [0, 0.1) is 5.92 Å². The van der Waals surface area contributed by atoms with Gasteiger partial charge in [-0.1, -0.05) is 6.07 Å². The molecule has 0 saturated carbocycles. The molecule has 1 unspecified atom stereocenters. The summed E-state index contributed by atoms with van der Waals surface area (Å²) in [6, 6.07) is 3.31. The number of carboxylic acids is 1. The van der Waals surface area contributed by atoms with Gasteiger partial charge in [0.05, 0.1) is 12.5 Å². The molecule has 3 N–H and O–H groups in total. The predicted molar refractivity (Wildman–Crippen MR) is 73.0 cm³/mol. The maximum Gasteiger partial charge on any atom is 0.305 e. The van der Waals surface area contributed by atoms with Gasteiger partial charge in [-0.05, 0) is 37.4 Å². The molecule has 0 radical (unpaired) electrons. The van der Waals surface area contributed by atoms with E-state index in [4.69, 9.17) is 5.11 Å². The number of carbonyl (C=O) groups excluding carboxylic acids is 1. The fourth-order valence-electron chi connectivity index (χ4n) is 2.26. The highest BCUT2D eigenvalue weighted by Gasteiger charge is 2.25. The Morgan fingerprint density at radius 2 is 2.21 bits per heavy atom. The molecule has 1 saturated heterocycles. The molecule has 2 rings (SSSR count). The molecule has 1 aromatic rings. The van der Waals surface area contributed by atoms with Crippen molar-refractivity contribution in [3.8, 4) is 0 Å². The summed E-state index contributed by atoms with van der Waals surface area (Å²) in [5.74, 6) is -0.928. The van der Waals surface area contributed by atoms with Crippen molar-refractivity contribution < 1.29 is 14.7 Å². The Hall–Kier alpha value is -1.40. The van der Waals surface area contributed by atoms with Crippen LogP contribution in [0.25, 0.3) is 0 Å². The lowest BCUT2D eigenvalue weighted by Gasteiger charge is -2.24. The number of piperidine rings is 1. The standard InChI is InChI=1S/C13H18N2O3S/c16-12(17)8-10(11-2-1-7-19-11)15-13(18)9-3-5-14-6-4-9/h1-2,7,9-10,14H,3-6,8H2,(H,15,18)(H,16,17). The van der Waals surface area contributed by atoms with Crippen molar-refractivity contribution >= 4 is 23.2 Å². The minimum Gasteiger partial charge on any atom is -0.481 e. The molecule has 5 nitrogen and oxygen atoms in total. The summed E-state index contributed by atoms with van der Waals surface area (Å²) in [5.41, 5.74) is 0. The molecule has 0 bridgehead atoms. The average molecular weight is 282 g/mol. The first-order valence-electron chi connectivity index (χ1n) is 6.43. The summed E-state index contributed by atoms with van der Waals surface area (Å²) in [6.07, 6.45) is 1.56. The Labute approximate surface area is 116 Å². The summed E-state index contributed by atoms with van der Waals surface area (Å²) >= 11 is 1.47. The number of hydrogen-bond acceptors (Lipinski definition) is 4. The molecule has 6 heteroatoms. The molecule has 1 amide bonds. The van der Waals surface area contributed by atoms with E-state index in [0.717, 1.165) is 30.8 Å². The number of amides is 1. The largest absolute Gasteiger partial charge is 0.481 e. The molecule has 1 aliphatic rings. The zero-order chi connectivity index (χ0) is 13.7. The van der Waals surface area contributed by atoms with Crippen LogP contribution in [0.15, 0.2) is 17.5 Å². The van der Waals surface area contributed by atoms with Gasteiger partial charge in [-0.2, -0.15) is 0 Å². The van der Waals surface area contributed by atoms with Crippen molar-refractivity contribution in [2.75, 3.05) is 13.1 Å². The minimum atomic E-state index is -0.899. The van der Waals surface area contributed by atoms with Crippen molar-refractivity contribution in [3.05, 3.63) is 22.4 Å². The van der Waals surface area contributed by atoms with Crippen LogP contribution in [0.5, 0.6) is 0 Å². The van der Waals surface area contributed by atoms with Crippen LogP contribution in [0.4, 0.5) is 0 Å². The number of carboxylic acid groups (broad SMARTS) is 1. The van der Waals surface area contributed by atoms with E-state index in [-0.39, 0.29) is 18.2 Å².